The average molecular weight is 307 g/mol. The first kappa shape index (κ1) is 14.5. The third-order valence-electron chi connectivity index (χ3n) is 3.23. The van der Waals surface area contributed by atoms with Crippen molar-refractivity contribution >= 4 is 11.0 Å². The van der Waals surface area contributed by atoms with Gasteiger partial charge in [-0.05, 0) is 19.2 Å². The van der Waals surface area contributed by atoms with Gasteiger partial charge in [-0.25, -0.2) is 13.2 Å². The Hall–Kier alpha value is -2.41. The molecule has 7 heteroatoms. The molecule has 0 fully saturated rings. The molecule has 0 spiro atoms. The average Bonchev–Trinajstić information content (AvgIpc) is 2.84. The van der Waals surface area contributed by atoms with Crippen molar-refractivity contribution in [3.63, 3.8) is 0 Å². The Morgan fingerprint density at radius 3 is 2.59 bits per heavy atom. The van der Waals surface area contributed by atoms with Crippen LogP contribution in [0.5, 0.6) is 0 Å². The number of aromatic nitrogens is 2. The van der Waals surface area contributed by atoms with E-state index < -0.39 is 17.5 Å². The van der Waals surface area contributed by atoms with Crippen LogP contribution in [0.2, 0.25) is 0 Å². The summed E-state index contributed by atoms with van der Waals surface area (Å²) in [5, 5.41) is 4.59. The van der Waals surface area contributed by atoms with Crippen LogP contribution in [0.3, 0.4) is 0 Å². The minimum atomic E-state index is -0.714. The van der Waals surface area contributed by atoms with Gasteiger partial charge < -0.3 is 4.52 Å². The largest absolute Gasteiger partial charge is 0.356 e. The Balaban J connectivity index is 1.76. The molecule has 0 saturated carbocycles. The molecule has 0 atom stereocenters. The number of rotatable bonds is 4. The van der Waals surface area contributed by atoms with E-state index in [0.29, 0.717) is 23.2 Å². The molecule has 0 unspecified atom stereocenters. The fourth-order valence-corrected chi connectivity index (χ4v) is 2.20. The summed E-state index contributed by atoms with van der Waals surface area (Å²) in [5.41, 5.74) is 1.11. The molecular weight excluding hydrogens is 295 g/mol. The minimum Gasteiger partial charge on any atom is -0.356 e. The van der Waals surface area contributed by atoms with Crippen LogP contribution in [-0.4, -0.2) is 22.1 Å². The Labute approximate surface area is 124 Å². The standard InChI is InChI=1S/C15H12F3N3O/c1-21(8-14-12(18)4-10(17)6-19-14)7-13-11-3-2-9(16)5-15(11)22-20-13/h2-6H,7-8H2,1H3. The molecule has 114 valence electrons. The van der Waals surface area contributed by atoms with E-state index in [0.717, 1.165) is 12.3 Å². The molecule has 0 N–H and O–H groups in total. The van der Waals surface area contributed by atoms with Crippen LogP contribution in [-0.2, 0) is 13.1 Å². The predicted molar refractivity (Wildman–Crippen MR) is 73.3 cm³/mol. The van der Waals surface area contributed by atoms with Gasteiger partial charge in [0.1, 0.15) is 23.1 Å². The van der Waals surface area contributed by atoms with Crippen molar-refractivity contribution in [1.29, 1.82) is 0 Å². The first-order valence-corrected chi connectivity index (χ1v) is 6.55. The van der Waals surface area contributed by atoms with E-state index in [1.807, 2.05) is 0 Å². The summed E-state index contributed by atoms with van der Waals surface area (Å²) in [4.78, 5) is 5.49. The number of benzene rings is 1. The number of hydrogen-bond acceptors (Lipinski definition) is 4. The van der Waals surface area contributed by atoms with E-state index in [4.69, 9.17) is 4.52 Å². The monoisotopic (exact) mass is 307 g/mol. The van der Waals surface area contributed by atoms with Gasteiger partial charge in [0.15, 0.2) is 5.58 Å². The zero-order valence-corrected chi connectivity index (χ0v) is 11.7. The summed E-state index contributed by atoms with van der Waals surface area (Å²) in [5.74, 6) is -1.81. The maximum atomic E-state index is 13.6. The van der Waals surface area contributed by atoms with Gasteiger partial charge in [-0.15, -0.1) is 0 Å². The lowest BCUT2D eigenvalue weighted by Crippen LogP contribution is -2.19. The van der Waals surface area contributed by atoms with E-state index in [2.05, 4.69) is 10.1 Å². The van der Waals surface area contributed by atoms with E-state index in [9.17, 15) is 13.2 Å². The molecule has 0 radical (unpaired) electrons. The van der Waals surface area contributed by atoms with Crippen molar-refractivity contribution in [2.24, 2.45) is 0 Å². The molecule has 4 nitrogen and oxygen atoms in total. The highest BCUT2D eigenvalue weighted by molar-refractivity contribution is 5.79. The zero-order valence-electron chi connectivity index (χ0n) is 11.7. The van der Waals surface area contributed by atoms with E-state index in [1.165, 1.54) is 12.1 Å². The summed E-state index contributed by atoms with van der Waals surface area (Å²) in [6.07, 6.45) is 0.973. The third-order valence-corrected chi connectivity index (χ3v) is 3.23. The Kier molecular flexibility index (Phi) is 3.81. The molecule has 0 saturated heterocycles. The molecule has 0 aliphatic rings. The number of fused-ring (bicyclic) bond motifs is 1. The molecule has 22 heavy (non-hydrogen) atoms. The maximum absolute atomic E-state index is 13.6. The second kappa shape index (κ2) is 5.76. The normalized spacial score (nSPS) is 11.5. The van der Waals surface area contributed by atoms with Gasteiger partial charge in [0.05, 0.1) is 11.9 Å². The van der Waals surface area contributed by atoms with Gasteiger partial charge >= 0.3 is 0 Å². The van der Waals surface area contributed by atoms with Crippen molar-refractivity contribution in [2.45, 2.75) is 13.1 Å². The fraction of sp³-hybridized carbons (Fsp3) is 0.200. The lowest BCUT2D eigenvalue weighted by molar-refractivity contribution is 0.297. The van der Waals surface area contributed by atoms with E-state index >= 15 is 0 Å². The lowest BCUT2D eigenvalue weighted by Gasteiger charge is -2.14. The summed E-state index contributed by atoms with van der Waals surface area (Å²) in [6, 6.07) is 4.96. The lowest BCUT2D eigenvalue weighted by atomic mass is 10.2. The molecule has 3 rings (SSSR count). The minimum absolute atomic E-state index is 0.141. The second-order valence-corrected chi connectivity index (χ2v) is 5.02. The quantitative estimate of drug-likeness (QED) is 0.742. The summed E-state index contributed by atoms with van der Waals surface area (Å²) in [6.45, 7) is 0.540. The molecular formula is C15H12F3N3O. The molecule has 1 aromatic carbocycles. The summed E-state index contributed by atoms with van der Waals surface area (Å²) in [7, 11) is 1.74. The number of hydrogen-bond donors (Lipinski definition) is 0. The summed E-state index contributed by atoms with van der Waals surface area (Å²) >= 11 is 0. The van der Waals surface area contributed by atoms with Gasteiger partial charge in [-0.2, -0.15) is 0 Å². The number of pyridine rings is 1. The predicted octanol–water partition coefficient (Wildman–Crippen LogP) is 3.27. The maximum Gasteiger partial charge on any atom is 0.170 e. The highest BCUT2D eigenvalue weighted by atomic mass is 19.1. The van der Waals surface area contributed by atoms with Crippen LogP contribution < -0.4 is 0 Å². The van der Waals surface area contributed by atoms with E-state index in [-0.39, 0.29) is 12.2 Å². The van der Waals surface area contributed by atoms with Gasteiger partial charge in [0.2, 0.25) is 0 Å². The van der Waals surface area contributed by atoms with Gasteiger partial charge in [-0.1, -0.05) is 5.16 Å². The fourth-order valence-electron chi connectivity index (χ4n) is 2.20. The zero-order chi connectivity index (χ0) is 15.7. The Morgan fingerprint density at radius 2 is 1.82 bits per heavy atom. The molecule has 0 aliphatic heterocycles. The van der Waals surface area contributed by atoms with Crippen LogP contribution >= 0.6 is 0 Å². The molecule has 3 aromatic rings. The topological polar surface area (TPSA) is 42.2 Å². The van der Waals surface area contributed by atoms with Crippen LogP contribution in [0.15, 0.2) is 35.0 Å². The Morgan fingerprint density at radius 1 is 1.05 bits per heavy atom. The third kappa shape index (κ3) is 2.94. The van der Waals surface area contributed by atoms with Gasteiger partial charge in [0, 0.05) is 30.6 Å². The molecule has 0 aliphatic carbocycles. The molecule has 2 heterocycles. The Bertz CT molecular complexity index is 819. The smallest absolute Gasteiger partial charge is 0.170 e. The van der Waals surface area contributed by atoms with Crippen LogP contribution in [0.25, 0.3) is 11.0 Å². The van der Waals surface area contributed by atoms with Gasteiger partial charge in [-0.3, -0.25) is 9.88 Å². The summed E-state index contributed by atoms with van der Waals surface area (Å²) < 4.78 is 44.6. The SMILES string of the molecule is CN(Cc1ncc(F)cc1F)Cc1noc2cc(F)ccc12. The van der Waals surface area contributed by atoms with Crippen molar-refractivity contribution in [2.75, 3.05) is 7.05 Å². The highest BCUT2D eigenvalue weighted by Crippen LogP contribution is 2.21. The van der Waals surface area contributed by atoms with Crippen LogP contribution in [0.4, 0.5) is 13.2 Å². The van der Waals surface area contributed by atoms with E-state index in [1.54, 1.807) is 18.0 Å². The molecule has 0 bridgehead atoms. The molecule has 0 amide bonds. The molecule has 2 aromatic heterocycles. The van der Waals surface area contributed by atoms with Crippen LogP contribution in [0, 0.1) is 17.5 Å². The van der Waals surface area contributed by atoms with Crippen molar-refractivity contribution in [3.8, 4) is 0 Å². The van der Waals surface area contributed by atoms with Gasteiger partial charge in [0.25, 0.3) is 0 Å². The van der Waals surface area contributed by atoms with Crippen molar-refractivity contribution < 1.29 is 17.7 Å². The first-order valence-electron chi connectivity index (χ1n) is 6.55. The first-order chi connectivity index (χ1) is 10.5. The number of nitrogens with zero attached hydrogens (tertiary/aromatic N) is 3. The van der Waals surface area contributed by atoms with Crippen molar-refractivity contribution in [3.05, 3.63) is 59.3 Å². The number of halogens is 3. The van der Waals surface area contributed by atoms with Crippen LogP contribution in [0.1, 0.15) is 11.4 Å². The highest BCUT2D eigenvalue weighted by Gasteiger charge is 2.13. The van der Waals surface area contributed by atoms with Crippen molar-refractivity contribution in [1.82, 2.24) is 15.0 Å². The second-order valence-electron chi connectivity index (χ2n) is 5.02.